The van der Waals surface area contributed by atoms with E-state index in [2.05, 4.69) is 74.5 Å². The van der Waals surface area contributed by atoms with Crippen molar-refractivity contribution in [1.82, 2.24) is 0 Å². The Kier molecular flexibility index (Phi) is 5.77. The average Bonchev–Trinajstić information content (AvgIpc) is 2.50. The molecular weight excluding hydrogens is 256 g/mol. The summed E-state index contributed by atoms with van der Waals surface area (Å²) >= 11 is 0. The molecule has 1 atom stereocenters. The highest BCUT2D eigenvalue weighted by Crippen LogP contribution is 2.30. The van der Waals surface area contributed by atoms with Crippen molar-refractivity contribution in [1.29, 1.82) is 0 Å². The third-order valence-corrected chi connectivity index (χ3v) is 3.53. The van der Waals surface area contributed by atoms with E-state index in [1.807, 2.05) is 0 Å². The first-order chi connectivity index (χ1) is 10.3. The van der Waals surface area contributed by atoms with Crippen LogP contribution in [0, 0.1) is 0 Å². The van der Waals surface area contributed by atoms with Crippen LogP contribution in [-0.4, -0.2) is 7.11 Å². The summed E-state index contributed by atoms with van der Waals surface area (Å²) in [5.74, 6) is 0. The molecule has 0 saturated heterocycles. The van der Waals surface area contributed by atoms with Gasteiger partial charge in [0, 0.05) is 13.5 Å². The lowest BCUT2D eigenvalue weighted by Gasteiger charge is -2.21. The molecule has 0 radical (unpaired) electrons. The maximum atomic E-state index is 5.68. The number of benzene rings is 2. The number of hydrogen-bond donors (Lipinski definition) is 0. The summed E-state index contributed by atoms with van der Waals surface area (Å²) in [5, 5.41) is 0. The van der Waals surface area contributed by atoms with Crippen LogP contribution >= 0.6 is 0 Å². The van der Waals surface area contributed by atoms with E-state index in [0.29, 0.717) is 0 Å². The normalized spacial score (nSPS) is 17.4. The van der Waals surface area contributed by atoms with Gasteiger partial charge in [-0.1, -0.05) is 81.0 Å². The lowest BCUT2D eigenvalue weighted by Crippen LogP contribution is -2.09. The van der Waals surface area contributed by atoms with Gasteiger partial charge in [0.05, 0.1) is 6.10 Å². The molecule has 0 spiro atoms. The highest BCUT2D eigenvalue weighted by Gasteiger charge is 2.17. The van der Waals surface area contributed by atoms with Crippen LogP contribution in [0.2, 0.25) is 0 Å². The molecule has 0 heterocycles. The van der Waals surface area contributed by atoms with Crippen molar-refractivity contribution in [2.45, 2.75) is 32.8 Å². The molecule has 0 fully saturated rings. The zero-order chi connectivity index (χ0) is 15.1. The van der Waals surface area contributed by atoms with E-state index in [0.717, 1.165) is 6.42 Å². The Hall–Kier alpha value is -1.86. The molecule has 3 rings (SSSR count). The smallest absolute Gasteiger partial charge is 0.0867 e. The summed E-state index contributed by atoms with van der Waals surface area (Å²) in [6.07, 6.45) is 6.68. The standard InChI is InChI=1S/C17H16O.C3H8/c1-18-17-12-15-8-3-2-6-13(15)10-11-14-7-4-5-9-16(14)17;1-3-2/h2-11,17H,12H2,1H3;3H2,1-2H3/b11-10-;. The van der Waals surface area contributed by atoms with Gasteiger partial charge in [-0.15, -0.1) is 0 Å². The Morgan fingerprint density at radius 3 is 2.19 bits per heavy atom. The van der Waals surface area contributed by atoms with Crippen LogP contribution in [0.25, 0.3) is 12.2 Å². The van der Waals surface area contributed by atoms with E-state index in [1.54, 1.807) is 7.11 Å². The minimum atomic E-state index is 0.132. The average molecular weight is 280 g/mol. The van der Waals surface area contributed by atoms with Crippen LogP contribution in [0.1, 0.15) is 48.6 Å². The minimum absolute atomic E-state index is 0.132. The van der Waals surface area contributed by atoms with E-state index in [1.165, 1.54) is 28.7 Å². The van der Waals surface area contributed by atoms with Gasteiger partial charge in [-0.05, 0) is 22.3 Å². The molecule has 110 valence electrons. The van der Waals surface area contributed by atoms with E-state index < -0.39 is 0 Å². The van der Waals surface area contributed by atoms with E-state index in [4.69, 9.17) is 4.74 Å². The molecular formula is C20H24O. The zero-order valence-corrected chi connectivity index (χ0v) is 13.2. The topological polar surface area (TPSA) is 9.23 Å². The molecule has 21 heavy (non-hydrogen) atoms. The van der Waals surface area contributed by atoms with Crippen LogP contribution in [0.5, 0.6) is 0 Å². The largest absolute Gasteiger partial charge is 0.376 e. The number of fused-ring (bicyclic) bond motifs is 2. The molecule has 1 nitrogen and oxygen atoms in total. The molecule has 0 amide bonds. The van der Waals surface area contributed by atoms with Crippen molar-refractivity contribution in [2.24, 2.45) is 0 Å². The summed E-state index contributed by atoms with van der Waals surface area (Å²) in [7, 11) is 1.79. The maximum absolute atomic E-state index is 5.68. The summed E-state index contributed by atoms with van der Waals surface area (Å²) in [6, 6.07) is 17.0. The second kappa shape index (κ2) is 7.80. The minimum Gasteiger partial charge on any atom is -0.376 e. The molecule has 1 unspecified atom stereocenters. The predicted molar refractivity (Wildman–Crippen MR) is 91.2 cm³/mol. The molecule has 0 aromatic heterocycles. The molecule has 1 heteroatoms. The van der Waals surface area contributed by atoms with Crippen LogP contribution in [0.15, 0.2) is 48.5 Å². The summed E-state index contributed by atoms with van der Waals surface area (Å²) in [5.41, 5.74) is 5.15. The van der Waals surface area contributed by atoms with Crippen molar-refractivity contribution >= 4 is 12.2 Å². The zero-order valence-electron chi connectivity index (χ0n) is 13.2. The van der Waals surface area contributed by atoms with Crippen LogP contribution < -0.4 is 0 Å². The summed E-state index contributed by atoms with van der Waals surface area (Å²) in [6.45, 7) is 4.25. The van der Waals surface area contributed by atoms with Crippen molar-refractivity contribution < 1.29 is 4.74 Å². The molecule has 1 aliphatic carbocycles. The lowest BCUT2D eigenvalue weighted by atomic mass is 9.91. The molecule has 0 N–H and O–H groups in total. The summed E-state index contributed by atoms with van der Waals surface area (Å²) < 4.78 is 5.68. The Morgan fingerprint density at radius 1 is 0.905 bits per heavy atom. The van der Waals surface area contributed by atoms with Crippen molar-refractivity contribution in [2.75, 3.05) is 7.11 Å². The Labute approximate surface area is 128 Å². The predicted octanol–water partition coefficient (Wildman–Crippen LogP) is 5.52. The number of methoxy groups -OCH3 is 1. The Morgan fingerprint density at radius 2 is 1.48 bits per heavy atom. The second-order valence-electron chi connectivity index (χ2n) is 5.30. The van der Waals surface area contributed by atoms with Gasteiger partial charge < -0.3 is 4.74 Å². The molecule has 2 aromatic carbocycles. The Balaban J connectivity index is 0.000000497. The van der Waals surface area contributed by atoms with Gasteiger partial charge in [-0.3, -0.25) is 0 Å². The SMILES string of the molecule is CCC.COC1Cc2ccccc2/C=C\c2ccccc21. The van der Waals surface area contributed by atoms with Gasteiger partial charge in [0.1, 0.15) is 0 Å². The van der Waals surface area contributed by atoms with E-state index in [9.17, 15) is 0 Å². The van der Waals surface area contributed by atoms with Crippen molar-refractivity contribution in [3.63, 3.8) is 0 Å². The molecule has 0 saturated carbocycles. The molecule has 0 bridgehead atoms. The first-order valence-electron chi connectivity index (χ1n) is 7.67. The fraction of sp³-hybridized carbons (Fsp3) is 0.300. The van der Waals surface area contributed by atoms with Gasteiger partial charge in [-0.25, -0.2) is 0 Å². The monoisotopic (exact) mass is 280 g/mol. The van der Waals surface area contributed by atoms with Crippen LogP contribution in [-0.2, 0) is 11.2 Å². The quantitative estimate of drug-likeness (QED) is 0.668. The van der Waals surface area contributed by atoms with Crippen molar-refractivity contribution in [3.8, 4) is 0 Å². The maximum Gasteiger partial charge on any atom is 0.0867 e. The number of ether oxygens (including phenoxy) is 1. The fourth-order valence-corrected chi connectivity index (χ4v) is 2.54. The van der Waals surface area contributed by atoms with Crippen LogP contribution in [0.4, 0.5) is 0 Å². The van der Waals surface area contributed by atoms with Gasteiger partial charge in [0.15, 0.2) is 0 Å². The van der Waals surface area contributed by atoms with E-state index in [-0.39, 0.29) is 6.10 Å². The third-order valence-electron chi connectivity index (χ3n) is 3.53. The Bertz CT molecular complexity index is 598. The van der Waals surface area contributed by atoms with Gasteiger partial charge in [-0.2, -0.15) is 0 Å². The second-order valence-corrected chi connectivity index (χ2v) is 5.30. The van der Waals surface area contributed by atoms with Crippen LogP contribution in [0.3, 0.4) is 0 Å². The fourth-order valence-electron chi connectivity index (χ4n) is 2.54. The first-order valence-corrected chi connectivity index (χ1v) is 7.67. The summed E-state index contributed by atoms with van der Waals surface area (Å²) in [4.78, 5) is 0. The third kappa shape index (κ3) is 3.83. The highest BCUT2D eigenvalue weighted by molar-refractivity contribution is 5.73. The van der Waals surface area contributed by atoms with Gasteiger partial charge >= 0.3 is 0 Å². The molecule has 0 aliphatic heterocycles. The molecule has 2 aromatic rings. The lowest BCUT2D eigenvalue weighted by molar-refractivity contribution is 0.103. The van der Waals surface area contributed by atoms with Gasteiger partial charge in [0.25, 0.3) is 0 Å². The van der Waals surface area contributed by atoms with Gasteiger partial charge in [0.2, 0.25) is 0 Å². The van der Waals surface area contributed by atoms with E-state index >= 15 is 0 Å². The molecule has 1 aliphatic rings. The number of rotatable bonds is 1. The van der Waals surface area contributed by atoms with Crippen molar-refractivity contribution in [3.05, 3.63) is 70.8 Å². The first kappa shape index (κ1) is 15.5. The number of hydrogen-bond acceptors (Lipinski definition) is 1. The highest BCUT2D eigenvalue weighted by atomic mass is 16.5.